The summed E-state index contributed by atoms with van der Waals surface area (Å²) in [5.74, 6) is 0.186. The first-order valence-corrected chi connectivity index (χ1v) is 8.92. The molecule has 19 heavy (non-hydrogen) atoms. The number of halogens is 1. The van der Waals surface area contributed by atoms with E-state index in [1.807, 2.05) is 0 Å². The molecule has 2 fully saturated rings. The highest BCUT2D eigenvalue weighted by molar-refractivity contribution is 7.91. The molecule has 104 valence electrons. The van der Waals surface area contributed by atoms with Crippen LogP contribution in [-0.2, 0) is 14.8 Å². The van der Waals surface area contributed by atoms with E-state index in [1.165, 1.54) is 0 Å². The monoisotopic (exact) mass is 319 g/mol. The maximum Gasteiger partial charge on any atom is 0.253 e. The van der Waals surface area contributed by atoms with Crippen LogP contribution in [-0.4, -0.2) is 30.6 Å². The SMILES string of the molecule is O=C1CC2CCCC(C1)N2S(=O)(=O)c1ccc(Cl)s1. The van der Waals surface area contributed by atoms with Crippen LogP contribution in [0.15, 0.2) is 16.3 Å². The molecule has 2 saturated heterocycles. The third kappa shape index (κ3) is 2.35. The van der Waals surface area contributed by atoms with E-state index < -0.39 is 10.0 Å². The average molecular weight is 320 g/mol. The highest BCUT2D eigenvalue weighted by Gasteiger charge is 2.44. The number of fused-ring (bicyclic) bond motifs is 2. The van der Waals surface area contributed by atoms with Crippen LogP contribution in [0.2, 0.25) is 4.34 Å². The van der Waals surface area contributed by atoms with Crippen LogP contribution in [0.5, 0.6) is 0 Å². The molecule has 1 aromatic rings. The molecule has 2 atom stereocenters. The van der Waals surface area contributed by atoms with E-state index in [-0.39, 0.29) is 22.1 Å². The quantitative estimate of drug-likeness (QED) is 0.842. The predicted molar refractivity (Wildman–Crippen MR) is 74.0 cm³/mol. The van der Waals surface area contributed by atoms with E-state index in [0.29, 0.717) is 17.2 Å². The summed E-state index contributed by atoms with van der Waals surface area (Å²) in [6, 6.07) is 2.83. The number of thiophene rings is 1. The zero-order chi connectivity index (χ0) is 13.6. The Morgan fingerprint density at radius 2 is 1.84 bits per heavy atom. The van der Waals surface area contributed by atoms with Crippen molar-refractivity contribution >= 4 is 38.7 Å². The molecular weight excluding hydrogens is 306 g/mol. The fraction of sp³-hybridized carbons (Fsp3) is 0.583. The predicted octanol–water partition coefficient (Wildman–Crippen LogP) is 2.68. The van der Waals surface area contributed by atoms with Gasteiger partial charge in [-0.05, 0) is 25.0 Å². The normalized spacial score (nSPS) is 28.6. The number of ketones is 1. The summed E-state index contributed by atoms with van der Waals surface area (Å²) >= 11 is 6.91. The number of Topliss-reactive ketones (excluding diaryl/α,β-unsaturated/α-hetero) is 1. The molecule has 0 radical (unpaired) electrons. The van der Waals surface area contributed by atoms with Crippen LogP contribution in [0.4, 0.5) is 0 Å². The molecule has 2 unspecified atom stereocenters. The van der Waals surface area contributed by atoms with Crippen molar-refractivity contribution in [1.82, 2.24) is 4.31 Å². The number of sulfonamides is 1. The lowest BCUT2D eigenvalue weighted by Crippen LogP contribution is -2.54. The van der Waals surface area contributed by atoms with Gasteiger partial charge in [0.1, 0.15) is 9.99 Å². The minimum Gasteiger partial charge on any atom is -0.300 e. The van der Waals surface area contributed by atoms with Crippen molar-refractivity contribution in [3.05, 3.63) is 16.5 Å². The van der Waals surface area contributed by atoms with Crippen LogP contribution in [0.1, 0.15) is 32.1 Å². The zero-order valence-electron chi connectivity index (χ0n) is 10.2. The van der Waals surface area contributed by atoms with Gasteiger partial charge >= 0.3 is 0 Å². The summed E-state index contributed by atoms with van der Waals surface area (Å²) in [7, 11) is -3.51. The molecule has 0 aromatic carbocycles. The summed E-state index contributed by atoms with van der Waals surface area (Å²) in [5, 5.41) is 0. The highest BCUT2D eigenvalue weighted by atomic mass is 35.5. The van der Waals surface area contributed by atoms with Crippen molar-refractivity contribution in [3.8, 4) is 0 Å². The van der Waals surface area contributed by atoms with Crippen molar-refractivity contribution in [2.45, 2.75) is 48.4 Å². The van der Waals surface area contributed by atoms with E-state index in [2.05, 4.69) is 0 Å². The van der Waals surface area contributed by atoms with Gasteiger partial charge in [-0.25, -0.2) is 8.42 Å². The molecule has 3 rings (SSSR count). The molecule has 2 bridgehead atoms. The van der Waals surface area contributed by atoms with Gasteiger partial charge in [0.15, 0.2) is 0 Å². The van der Waals surface area contributed by atoms with Gasteiger partial charge in [-0.1, -0.05) is 18.0 Å². The Morgan fingerprint density at radius 3 is 2.37 bits per heavy atom. The van der Waals surface area contributed by atoms with Crippen LogP contribution >= 0.6 is 22.9 Å². The van der Waals surface area contributed by atoms with Gasteiger partial charge in [0.25, 0.3) is 10.0 Å². The minimum absolute atomic E-state index is 0.161. The van der Waals surface area contributed by atoms with Crippen LogP contribution in [0.25, 0.3) is 0 Å². The topological polar surface area (TPSA) is 54.5 Å². The first kappa shape index (κ1) is 13.5. The molecule has 0 spiro atoms. The van der Waals surface area contributed by atoms with E-state index in [4.69, 9.17) is 11.6 Å². The van der Waals surface area contributed by atoms with Crippen LogP contribution < -0.4 is 0 Å². The zero-order valence-corrected chi connectivity index (χ0v) is 12.6. The molecule has 2 aliphatic heterocycles. The Labute approximate surface area is 121 Å². The molecule has 0 aliphatic carbocycles. The molecule has 1 aromatic heterocycles. The number of hydrogen-bond acceptors (Lipinski definition) is 4. The second-order valence-electron chi connectivity index (χ2n) is 5.08. The summed E-state index contributed by atoms with van der Waals surface area (Å²) in [5.41, 5.74) is 0. The number of piperidine rings is 2. The lowest BCUT2D eigenvalue weighted by Gasteiger charge is -2.43. The third-order valence-electron chi connectivity index (χ3n) is 3.80. The van der Waals surface area contributed by atoms with Gasteiger partial charge < -0.3 is 0 Å². The molecule has 7 heteroatoms. The van der Waals surface area contributed by atoms with Gasteiger partial charge in [-0.15, -0.1) is 11.3 Å². The summed E-state index contributed by atoms with van der Waals surface area (Å²) in [6.45, 7) is 0. The number of nitrogens with zero attached hydrogens (tertiary/aromatic N) is 1. The van der Waals surface area contributed by atoms with Gasteiger partial charge in [-0.2, -0.15) is 4.31 Å². The lowest BCUT2D eigenvalue weighted by atomic mass is 9.86. The van der Waals surface area contributed by atoms with Crippen LogP contribution in [0.3, 0.4) is 0 Å². The molecular formula is C12H14ClNO3S2. The molecule has 0 saturated carbocycles. The number of carbonyl (C=O) groups is 1. The van der Waals surface area contributed by atoms with Gasteiger partial charge in [-0.3, -0.25) is 4.79 Å². The van der Waals surface area contributed by atoms with Gasteiger partial charge in [0.05, 0.1) is 4.34 Å². The fourth-order valence-electron chi connectivity index (χ4n) is 3.07. The average Bonchev–Trinajstić information content (AvgIpc) is 2.75. The van der Waals surface area contributed by atoms with Crippen molar-refractivity contribution in [2.24, 2.45) is 0 Å². The van der Waals surface area contributed by atoms with Gasteiger partial charge in [0, 0.05) is 24.9 Å². The largest absolute Gasteiger partial charge is 0.300 e. The molecule has 4 nitrogen and oxygen atoms in total. The van der Waals surface area contributed by atoms with Crippen molar-refractivity contribution < 1.29 is 13.2 Å². The fourth-order valence-corrected chi connectivity index (χ4v) is 6.52. The second kappa shape index (κ2) is 4.84. The van der Waals surface area contributed by atoms with Crippen molar-refractivity contribution in [2.75, 3.05) is 0 Å². The van der Waals surface area contributed by atoms with Crippen molar-refractivity contribution in [3.63, 3.8) is 0 Å². The standard InChI is InChI=1S/C12H14ClNO3S2/c13-11-4-5-12(18-11)19(16,17)14-8-2-1-3-9(14)7-10(15)6-8/h4-5,8-9H,1-3,6-7H2. The third-order valence-corrected chi connectivity index (χ3v) is 7.50. The maximum atomic E-state index is 12.7. The van der Waals surface area contributed by atoms with E-state index in [1.54, 1.807) is 16.4 Å². The molecule has 3 heterocycles. The molecule has 2 aliphatic rings. The maximum absolute atomic E-state index is 12.7. The molecule has 0 N–H and O–H groups in total. The summed E-state index contributed by atoms with van der Waals surface area (Å²) in [6.07, 6.45) is 3.27. The van der Waals surface area contributed by atoms with Crippen LogP contribution in [0, 0.1) is 0 Å². The Kier molecular flexibility index (Phi) is 3.45. The van der Waals surface area contributed by atoms with E-state index in [9.17, 15) is 13.2 Å². The smallest absolute Gasteiger partial charge is 0.253 e. The van der Waals surface area contributed by atoms with E-state index in [0.717, 1.165) is 30.6 Å². The van der Waals surface area contributed by atoms with Crippen molar-refractivity contribution in [1.29, 1.82) is 0 Å². The van der Waals surface area contributed by atoms with Gasteiger partial charge in [0.2, 0.25) is 0 Å². The first-order valence-electron chi connectivity index (χ1n) is 6.29. The Morgan fingerprint density at radius 1 is 1.21 bits per heavy atom. The first-order chi connectivity index (χ1) is 8.98. The van der Waals surface area contributed by atoms with E-state index >= 15 is 0 Å². The minimum atomic E-state index is -3.51. The summed E-state index contributed by atoms with van der Waals surface area (Å²) < 4.78 is 27.7. The second-order valence-corrected chi connectivity index (χ2v) is 8.86. The summed E-state index contributed by atoms with van der Waals surface area (Å²) in [4.78, 5) is 11.6. The Balaban J connectivity index is 1.99. The number of carbonyl (C=O) groups excluding carboxylic acids is 1. The highest BCUT2D eigenvalue weighted by Crippen LogP contribution is 2.38. The Bertz CT molecular complexity index is 594. The Hall–Kier alpha value is -0.430. The number of rotatable bonds is 2. The number of hydrogen-bond donors (Lipinski definition) is 0. The lowest BCUT2D eigenvalue weighted by molar-refractivity contribution is -0.124. The molecule has 0 amide bonds.